The van der Waals surface area contributed by atoms with Crippen molar-refractivity contribution in [2.45, 2.75) is 91.1 Å². The maximum Gasteiger partial charge on any atom is 0.407 e. The number of unbranched alkanes of at least 4 members (excludes halogenated alkanes) is 5. The molecular weight excluding hydrogens is 384 g/mol. The molecule has 0 heterocycles. The number of benzene rings is 2. The van der Waals surface area contributed by atoms with Gasteiger partial charge in [-0.05, 0) is 29.6 Å². The summed E-state index contributed by atoms with van der Waals surface area (Å²) in [5.74, 6) is 0. The molecule has 0 saturated heterocycles. The molecule has 2 aromatic carbocycles. The van der Waals surface area contributed by atoms with Crippen LogP contribution in [0.4, 0.5) is 0 Å². The summed E-state index contributed by atoms with van der Waals surface area (Å²) < 4.78 is 13.9. The molecule has 0 aliphatic carbocycles. The van der Waals surface area contributed by atoms with Gasteiger partial charge in [0.25, 0.3) is 0 Å². The Balaban J connectivity index is 2.27. The lowest BCUT2D eigenvalue weighted by Gasteiger charge is -2.35. The maximum atomic E-state index is 7.05. The molecule has 3 heteroatoms. The van der Waals surface area contributed by atoms with Crippen molar-refractivity contribution in [2.24, 2.45) is 0 Å². The summed E-state index contributed by atoms with van der Waals surface area (Å²) in [6, 6.07) is 21.4. The molecule has 166 valence electrons. The molecule has 0 saturated carbocycles. The van der Waals surface area contributed by atoms with Crippen molar-refractivity contribution in [1.82, 2.24) is 0 Å². The first-order valence-electron chi connectivity index (χ1n) is 12.2. The first kappa shape index (κ1) is 24.8. The molecule has 0 unspecified atom stereocenters. The Kier molecular flexibility index (Phi) is 12.1. The van der Waals surface area contributed by atoms with Gasteiger partial charge in [-0.15, -0.1) is 0 Å². The standard InChI is InChI=1S/C27H42O2Si/c1-4-7-8-9-10-17-24-28-30(26-20-13-11-14-21-26,27-22-15-12-16-23-27)29-25(18-5-2)19-6-3/h11-16,20-23,25H,4-10,17-19,24H2,1-3H3. The third-order valence-electron chi connectivity index (χ3n) is 5.66. The molecule has 0 atom stereocenters. The van der Waals surface area contributed by atoms with Gasteiger partial charge in [0.1, 0.15) is 0 Å². The summed E-state index contributed by atoms with van der Waals surface area (Å²) in [5.41, 5.74) is 0. The predicted molar refractivity (Wildman–Crippen MR) is 132 cm³/mol. The van der Waals surface area contributed by atoms with Gasteiger partial charge in [0.15, 0.2) is 0 Å². The van der Waals surface area contributed by atoms with Crippen LogP contribution in [-0.2, 0) is 8.85 Å². The highest BCUT2D eigenvalue weighted by atomic mass is 28.4. The van der Waals surface area contributed by atoms with Crippen LogP contribution in [0.15, 0.2) is 60.7 Å². The lowest BCUT2D eigenvalue weighted by molar-refractivity contribution is 0.115. The molecule has 0 radical (unpaired) electrons. The predicted octanol–water partition coefficient (Wildman–Crippen LogP) is 6.61. The first-order chi connectivity index (χ1) is 14.8. The van der Waals surface area contributed by atoms with E-state index in [1.807, 2.05) is 0 Å². The van der Waals surface area contributed by atoms with Gasteiger partial charge in [0, 0.05) is 12.7 Å². The Hall–Kier alpha value is -1.42. The Morgan fingerprint density at radius 3 is 1.63 bits per heavy atom. The molecule has 0 aliphatic rings. The summed E-state index contributed by atoms with van der Waals surface area (Å²) in [6.45, 7) is 7.53. The summed E-state index contributed by atoms with van der Waals surface area (Å²) in [5, 5.41) is 2.44. The second kappa shape index (κ2) is 14.6. The van der Waals surface area contributed by atoms with Crippen LogP contribution in [0.1, 0.15) is 85.0 Å². The fraction of sp³-hybridized carbons (Fsp3) is 0.556. The Bertz CT molecular complexity index is 614. The van der Waals surface area contributed by atoms with E-state index in [4.69, 9.17) is 8.85 Å². The van der Waals surface area contributed by atoms with Gasteiger partial charge in [-0.3, -0.25) is 0 Å². The molecule has 0 N–H and O–H groups in total. The van der Waals surface area contributed by atoms with Gasteiger partial charge in [-0.25, -0.2) is 0 Å². The zero-order valence-electron chi connectivity index (χ0n) is 19.4. The molecule has 0 spiro atoms. The van der Waals surface area contributed by atoms with E-state index in [-0.39, 0.29) is 6.10 Å². The van der Waals surface area contributed by atoms with Crippen LogP contribution in [-0.4, -0.2) is 21.3 Å². The minimum Gasteiger partial charge on any atom is -0.388 e. The molecule has 2 nitrogen and oxygen atoms in total. The quantitative estimate of drug-likeness (QED) is 0.222. The topological polar surface area (TPSA) is 18.5 Å². The molecule has 0 aromatic heterocycles. The minimum atomic E-state index is -2.76. The zero-order chi connectivity index (χ0) is 21.5. The van der Waals surface area contributed by atoms with Crippen molar-refractivity contribution in [3.8, 4) is 0 Å². The summed E-state index contributed by atoms with van der Waals surface area (Å²) in [7, 11) is -2.76. The van der Waals surface area contributed by atoms with Gasteiger partial charge in [0.2, 0.25) is 0 Å². The molecule has 30 heavy (non-hydrogen) atoms. The van der Waals surface area contributed by atoms with Crippen molar-refractivity contribution >= 4 is 18.9 Å². The Labute approximate surface area is 186 Å². The van der Waals surface area contributed by atoms with Crippen LogP contribution in [0.2, 0.25) is 0 Å². The number of rotatable bonds is 16. The van der Waals surface area contributed by atoms with E-state index >= 15 is 0 Å². The van der Waals surface area contributed by atoms with E-state index < -0.39 is 8.56 Å². The lowest BCUT2D eigenvalue weighted by Crippen LogP contribution is -2.64. The van der Waals surface area contributed by atoms with Crippen LogP contribution in [0.3, 0.4) is 0 Å². The van der Waals surface area contributed by atoms with Gasteiger partial charge in [0.05, 0.1) is 0 Å². The normalized spacial score (nSPS) is 11.9. The third kappa shape index (κ3) is 7.68. The molecule has 2 rings (SSSR count). The van der Waals surface area contributed by atoms with E-state index in [1.54, 1.807) is 0 Å². The fourth-order valence-electron chi connectivity index (χ4n) is 4.06. The van der Waals surface area contributed by atoms with Gasteiger partial charge in [-0.1, -0.05) is 126 Å². The zero-order valence-corrected chi connectivity index (χ0v) is 20.4. The first-order valence-corrected chi connectivity index (χ1v) is 14.0. The molecular formula is C27H42O2Si. The van der Waals surface area contributed by atoms with Gasteiger partial charge < -0.3 is 8.85 Å². The Morgan fingerprint density at radius 2 is 1.13 bits per heavy atom. The highest BCUT2D eigenvalue weighted by Gasteiger charge is 2.44. The van der Waals surface area contributed by atoms with Crippen molar-refractivity contribution in [3.05, 3.63) is 60.7 Å². The maximum absolute atomic E-state index is 7.05. The Morgan fingerprint density at radius 1 is 0.633 bits per heavy atom. The van der Waals surface area contributed by atoms with Crippen LogP contribution < -0.4 is 10.4 Å². The average molecular weight is 427 g/mol. The largest absolute Gasteiger partial charge is 0.407 e. The average Bonchev–Trinajstić information content (AvgIpc) is 2.79. The van der Waals surface area contributed by atoms with E-state index in [0.717, 1.165) is 38.7 Å². The smallest absolute Gasteiger partial charge is 0.388 e. The lowest BCUT2D eigenvalue weighted by atomic mass is 10.1. The molecule has 2 aromatic rings. The number of hydrogen-bond acceptors (Lipinski definition) is 2. The van der Waals surface area contributed by atoms with E-state index in [1.165, 1.54) is 42.5 Å². The number of hydrogen-bond donors (Lipinski definition) is 0. The van der Waals surface area contributed by atoms with E-state index in [9.17, 15) is 0 Å². The minimum absolute atomic E-state index is 0.247. The van der Waals surface area contributed by atoms with Gasteiger partial charge in [-0.2, -0.15) is 0 Å². The van der Waals surface area contributed by atoms with Crippen LogP contribution in [0.25, 0.3) is 0 Å². The fourth-order valence-corrected chi connectivity index (χ4v) is 7.46. The third-order valence-corrected chi connectivity index (χ3v) is 9.13. The highest BCUT2D eigenvalue weighted by molar-refractivity contribution is 6.92. The molecule has 0 bridgehead atoms. The van der Waals surface area contributed by atoms with E-state index in [0.29, 0.717) is 0 Å². The van der Waals surface area contributed by atoms with Crippen LogP contribution in [0.5, 0.6) is 0 Å². The molecule has 0 fully saturated rings. The van der Waals surface area contributed by atoms with Crippen molar-refractivity contribution in [1.29, 1.82) is 0 Å². The SMILES string of the molecule is CCCCCCCCO[Si](OC(CCC)CCC)(c1ccccc1)c1ccccc1. The van der Waals surface area contributed by atoms with Crippen molar-refractivity contribution < 1.29 is 8.85 Å². The summed E-state index contributed by atoms with van der Waals surface area (Å²) in [6.07, 6.45) is 12.3. The second-order valence-corrected chi connectivity index (χ2v) is 11.2. The summed E-state index contributed by atoms with van der Waals surface area (Å²) >= 11 is 0. The van der Waals surface area contributed by atoms with Crippen LogP contribution in [0, 0.1) is 0 Å². The molecule has 0 aliphatic heterocycles. The highest BCUT2D eigenvalue weighted by Crippen LogP contribution is 2.19. The van der Waals surface area contributed by atoms with Crippen LogP contribution >= 0.6 is 0 Å². The van der Waals surface area contributed by atoms with Gasteiger partial charge >= 0.3 is 8.56 Å². The van der Waals surface area contributed by atoms with Crippen molar-refractivity contribution in [3.63, 3.8) is 0 Å². The van der Waals surface area contributed by atoms with Crippen molar-refractivity contribution in [2.75, 3.05) is 6.61 Å². The van der Waals surface area contributed by atoms with E-state index in [2.05, 4.69) is 81.4 Å². The summed E-state index contributed by atoms with van der Waals surface area (Å²) in [4.78, 5) is 0. The monoisotopic (exact) mass is 426 g/mol. The molecule has 0 amide bonds. The second-order valence-electron chi connectivity index (χ2n) is 8.28.